The van der Waals surface area contributed by atoms with Gasteiger partial charge in [-0.1, -0.05) is 6.92 Å². The first-order valence-electron chi connectivity index (χ1n) is 9.37. The number of thiol groups is 3. The highest BCUT2D eigenvalue weighted by molar-refractivity contribution is 7.84. The summed E-state index contributed by atoms with van der Waals surface area (Å²) in [5, 5.41) is 10.5. The van der Waals surface area contributed by atoms with E-state index in [4.69, 9.17) is 0 Å². The molecule has 8 nitrogen and oxygen atoms in total. The van der Waals surface area contributed by atoms with Crippen LogP contribution < -0.4 is 21.3 Å². The van der Waals surface area contributed by atoms with Gasteiger partial charge in [0.1, 0.15) is 12.1 Å². The maximum absolute atomic E-state index is 12.4. The third kappa shape index (κ3) is 9.42. The Labute approximate surface area is 182 Å². The Morgan fingerprint density at radius 3 is 1.68 bits per heavy atom. The molecule has 4 amide bonds. The average molecular weight is 451 g/mol. The van der Waals surface area contributed by atoms with Gasteiger partial charge >= 0.3 is 0 Å². The van der Waals surface area contributed by atoms with Crippen molar-refractivity contribution in [2.45, 2.75) is 61.6 Å². The van der Waals surface area contributed by atoms with Gasteiger partial charge in [-0.25, -0.2) is 0 Å². The zero-order valence-electron chi connectivity index (χ0n) is 15.9. The fourth-order valence-corrected chi connectivity index (χ4v) is 3.20. The van der Waals surface area contributed by atoms with Crippen LogP contribution in [0, 0.1) is 0 Å². The third-order valence-corrected chi connectivity index (χ3v) is 6.00. The first-order valence-corrected chi connectivity index (χ1v) is 11.0. The van der Waals surface area contributed by atoms with Crippen molar-refractivity contribution >= 4 is 61.5 Å². The summed E-state index contributed by atoms with van der Waals surface area (Å²) >= 11 is 12.9. The first kappa shape index (κ1) is 25.0. The second-order valence-corrected chi connectivity index (χ2v) is 8.52. The molecule has 1 rings (SSSR count). The molecular formula is C17H30N4O4S3. The third-order valence-electron chi connectivity index (χ3n) is 4.30. The highest BCUT2D eigenvalue weighted by atomic mass is 32.1. The topological polar surface area (TPSA) is 116 Å². The Balaban J connectivity index is 2.83. The van der Waals surface area contributed by atoms with Crippen LogP contribution in [-0.4, -0.2) is 65.1 Å². The molecule has 0 aromatic heterocycles. The smallest absolute Gasteiger partial charge is 0.242 e. The van der Waals surface area contributed by atoms with Crippen molar-refractivity contribution in [1.29, 1.82) is 0 Å². The van der Waals surface area contributed by atoms with Gasteiger partial charge in [-0.05, 0) is 19.3 Å². The molecule has 0 saturated carbocycles. The van der Waals surface area contributed by atoms with Gasteiger partial charge in [-0.2, -0.15) is 37.9 Å². The lowest BCUT2D eigenvalue weighted by atomic mass is 10.1. The normalized spacial score (nSPS) is 24.9. The van der Waals surface area contributed by atoms with Gasteiger partial charge in [0.05, 0.1) is 0 Å². The minimum atomic E-state index is -0.772. The highest BCUT2D eigenvalue weighted by Crippen LogP contribution is 2.10. The zero-order chi connectivity index (χ0) is 21.1. The van der Waals surface area contributed by atoms with Crippen molar-refractivity contribution in [3.63, 3.8) is 0 Å². The van der Waals surface area contributed by atoms with Crippen molar-refractivity contribution in [3.05, 3.63) is 0 Å². The standard InChI is InChI=1S/C17H30N4O4S3/c1-2-10(27)7-12-16(24)18-5-4-15(23)21-13(8-11(28)9-26)17(25)19-6-3-14(22)20-12/h10-13,26-28H,2-9H2,1H3,(H,18,24)(H,19,25)(H,20,22)(H,21,23)/t10?,11?,12-,13-/m0/s1. The molecule has 0 bridgehead atoms. The summed E-state index contributed by atoms with van der Waals surface area (Å²) in [5.74, 6) is -0.958. The van der Waals surface area contributed by atoms with Gasteiger partial charge in [0, 0.05) is 42.2 Å². The highest BCUT2D eigenvalue weighted by Gasteiger charge is 2.26. The van der Waals surface area contributed by atoms with Crippen LogP contribution in [0.15, 0.2) is 0 Å². The van der Waals surface area contributed by atoms with Gasteiger partial charge in [-0.15, -0.1) is 0 Å². The molecule has 0 aromatic rings. The minimum absolute atomic E-state index is 0.0202. The minimum Gasteiger partial charge on any atom is -0.354 e. The van der Waals surface area contributed by atoms with Crippen molar-refractivity contribution in [3.8, 4) is 0 Å². The fourth-order valence-electron chi connectivity index (χ4n) is 2.63. The Morgan fingerprint density at radius 2 is 1.29 bits per heavy atom. The van der Waals surface area contributed by atoms with Crippen LogP contribution >= 0.6 is 37.9 Å². The van der Waals surface area contributed by atoms with E-state index in [0.717, 1.165) is 6.42 Å². The van der Waals surface area contributed by atoms with E-state index in [1.54, 1.807) is 0 Å². The van der Waals surface area contributed by atoms with Crippen LogP contribution in [0.3, 0.4) is 0 Å². The van der Waals surface area contributed by atoms with Gasteiger partial charge in [-0.3, -0.25) is 19.2 Å². The number of amides is 4. The molecule has 160 valence electrons. The first-order chi connectivity index (χ1) is 13.3. The number of carbonyl (C=O) groups is 4. The lowest BCUT2D eigenvalue weighted by molar-refractivity contribution is -0.131. The number of nitrogens with one attached hydrogen (secondary N) is 4. The maximum Gasteiger partial charge on any atom is 0.242 e. The van der Waals surface area contributed by atoms with Crippen LogP contribution in [0.1, 0.15) is 39.0 Å². The number of hydrogen-bond donors (Lipinski definition) is 7. The van der Waals surface area contributed by atoms with Crippen molar-refractivity contribution in [2.24, 2.45) is 0 Å². The SMILES string of the molecule is CCC(S)C[C@@H]1NC(=O)CCNC(=O)[C@H](CC(S)CS)NC(=O)CCNC1=O. The molecule has 4 N–H and O–H groups in total. The molecule has 0 aliphatic carbocycles. The van der Waals surface area contributed by atoms with Gasteiger partial charge < -0.3 is 21.3 Å². The van der Waals surface area contributed by atoms with Crippen LogP contribution in [-0.2, 0) is 19.2 Å². The molecule has 4 atom stereocenters. The van der Waals surface area contributed by atoms with E-state index in [1.165, 1.54) is 0 Å². The van der Waals surface area contributed by atoms with E-state index in [2.05, 4.69) is 59.2 Å². The molecular weight excluding hydrogens is 420 g/mol. The van der Waals surface area contributed by atoms with Gasteiger partial charge in [0.15, 0.2) is 0 Å². The quantitative estimate of drug-likeness (QED) is 0.281. The van der Waals surface area contributed by atoms with Crippen LogP contribution in [0.25, 0.3) is 0 Å². The summed E-state index contributed by atoms with van der Waals surface area (Å²) in [5.41, 5.74) is 0. The predicted molar refractivity (Wildman–Crippen MR) is 118 cm³/mol. The van der Waals surface area contributed by atoms with E-state index in [1.807, 2.05) is 6.92 Å². The second-order valence-electron chi connectivity index (χ2n) is 6.69. The van der Waals surface area contributed by atoms with Crippen molar-refractivity contribution < 1.29 is 19.2 Å². The van der Waals surface area contributed by atoms with E-state index < -0.39 is 12.1 Å². The lowest BCUT2D eigenvalue weighted by Gasteiger charge is -2.23. The largest absolute Gasteiger partial charge is 0.354 e. The summed E-state index contributed by atoms with van der Waals surface area (Å²) in [6.07, 6.45) is 1.49. The monoisotopic (exact) mass is 450 g/mol. The Bertz CT molecular complexity index is 517. The zero-order valence-corrected chi connectivity index (χ0v) is 18.6. The van der Waals surface area contributed by atoms with Gasteiger partial charge in [0.25, 0.3) is 0 Å². The summed E-state index contributed by atoms with van der Waals surface area (Å²) in [6.45, 7) is 2.15. The average Bonchev–Trinajstić information content (AvgIpc) is 2.65. The summed E-state index contributed by atoms with van der Waals surface area (Å²) in [4.78, 5) is 49.2. The fraction of sp³-hybridized carbons (Fsp3) is 0.765. The number of carbonyl (C=O) groups excluding carboxylic acids is 4. The second kappa shape index (κ2) is 13.2. The summed E-state index contributed by atoms with van der Waals surface area (Å²) in [7, 11) is 0. The molecule has 1 fully saturated rings. The molecule has 1 saturated heterocycles. The number of rotatable bonds is 6. The van der Waals surface area contributed by atoms with Crippen molar-refractivity contribution in [1.82, 2.24) is 21.3 Å². The molecule has 0 aromatic carbocycles. The molecule has 1 aliphatic rings. The molecule has 0 spiro atoms. The van der Waals surface area contributed by atoms with Crippen LogP contribution in [0.5, 0.6) is 0 Å². The Morgan fingerprint density at radius 1 is 0.857 bits per heavy atom. The molecule has 28 heavy (non-hydrogen) atoms. The molecule has 1 heterocycles. The van der Waals surface area contributed by atoms with E-state index in [0.29, 0.717) is 18.6 Å². The predicted octanol–water partition coefficient (Wildman–Crippen LogP) is -0.301. The summed E-state index contributed by atoms with van der Waals surface area (Å²) in [6, 6.07) is -1.50. The lowest BCUT2D eigenvalue weighted by Crippen LogP contribution is -2.52. The Hall–Kier alpha value is -1.07. The van der Waals surface area contributed by atoms with E-state index in [-0.39, 0.29) is 60.1 Å². The number of hydrogen-bond acceptors (Lipinski definition) is 7. The maximum atomic E-state index is 12.4. The van der Waals surface area contributed by atoms with E-state index in [9.17, 15) is 19.2 Å². The van der Waals surface area contributed by atoms with E-state index >= 15 is 0 Å². The molecule has 2 unspecified atom stereocenters. The summed E-state index contributed by atoms with van der Waals surface area (Å²) < 4.78 is 0. The molecule has 0 radical (unpaired) electrons. The Kier molecular flexibility index (Phi) is 11.8. The molecule has 1 aliphatic heterocycles. The van der Waals surface area contributed by atoms with Crippen molar-refractivity contribution in [2.75, 3.05) is 18.8 Å². The molecule has 11 heteroatoms. The van der Waals surface area contributed by atoms with Gasteiger partial charge in [0.2, 0.25) is 23.6 Å². The van der Waals surface area contributed by atoms with Crippen LogP contribution in [0.4, 0.5) is 0 Å². The van der Waals surface area contributed by atoms with Crippen LogP contribution in [0.2, 0.25) is 0 Å².